The number of rotatable bonds is 2. The molecule has 0 radical (unpaired) electrons. The first-order valence-corrected chi connectivity index (χ1v) is 7.27. The third-order valence-electron chi connectivity index (χ3n) is 4.15. The minimum absolute atomic E-state index is 0.273. The molecule has 0 saturated heterocycles. The summed E-state index contributed by atoms with van der Waals surface area (Å²) in [4.78, 5) is 0. The number of ether oxygens (including phenoxy) is 2. The molecule has 4 nitrogen and oxygen atoms in total. The minimum Gasteiger partial charge on any atom is -0.508 e. The van der Waals surface area contributed by atoms with Crippen molar-refractivity contribution in [3.05, 3.63) is 47.5 Å². The lowest BCUT2D eigenvalue weighted by molar-refractivity contribution is 0.174. The van der Waals surface area contributed by atoms with E-state index in [1.807, 2.05) is 30.3 Å². The van der Waals surface area contributed by atoms with Crippen LogP contribution in [0.5, 0.6) is 17.2 Å². The Morgan fingerprint density at radius 1 is 1.05 bits per heavy atom. The first kappa shape index (κ1) is 12.4. The predicted octanol–water partition coefficient (Wildman–Crippen LogP) is 3.61. The van der Waals surface area contributed by atoms with Gasteiger partial charge in [-0.05, 0) is 54.7 Å². The molecule has 2 N–H and O–H groups in total. The average Bonchev–Trinajstić information content (AvgIpc) is 2.95. The van der Waals surface area contributed by atoms with Gasteiger partial charge in [0.2, 0.25) is 6.79 Å². The number of benzene rings is 2. The van der Waals surface area contributed by atoms with E-state index in [9.17, 15) is 5.11 Å². The predicted molar refractivity (Wildman–Crippen MR) is 80.0 cm³/mol. The van der Waals surface area contributed by atoms with Crippen molar-refractivity contribution in [3.8, 4) is 17.2 Å². The van der Waals surface area contributed by atoms with E-state index in [0.29, 0.717) is 12.5 Å². The Morgan fingerprint density at radius 2 is 1.95 bits per heavy atom. The van der Waals surface area contributed by atoms with Crippen LogP contribution in [-0.4, -0.2) is 11.9 Å². The molecule has 4 rings (SSSR count). The van der Waals surface area contributed by atoms with Gasteiger partial charge in [-0.25, -0.2) is 0 Å². The molecule has 1 aliphatic carbocycles. The molecule has 21 heavy (non-hydrogen) atoms. The lowest BCUT2D eigenvalue weighted by Gasteiger charge is -2.27. The standard InChI is InChI=1S/C17H17NO3/c19-13-5-6-14-11(8-13)2-1-3-15(14)18-12-4-7-16-17(9-12)21-10-20-16/h4-9,15,18-19H,1-3,10H2. The first-order valence-electron chi connectivity index (χ1n) is 7.27. The van der Waals surface area contributed by atoms with Gasteiger partial charge in [0.15, 0.2) is 11.5 Å². The number of hydrogen-bond acceptors (Lipinski definition) is 4. The van der Waals surface area contributed by atoms with Crippen molar-refractivity contribution in [2.45, 2.75) is 25.3 Å². The average molecular weight is 283 g/mol. The SMILES string of the molecule is Oc1ccc2c(c1)CCCC2Nc1ccc2c(c1)OCO2. The topological polar surface area (TPSA) is 50.7 Å². The van der Waals surface area contributed by atoms with Gasteiger partial charge < -0.3 is 19.9 Å². The molecular formula is C17H17NO3. The number of aromatic hydroxyl groups is 1. The third-order valence-corrected chi connectivity index (χ3v) is 4.15. The van der Waals surface area contributed by atoms with E-state index in [4.69, 9.17) is 9.47 Å². The van der Waals surface area contributed by atoms with Crippen LogP contribution >= 0.6 is 0 Å². The molecule has 0 saturated carbocycles. The molecule has 108 valence electrons. The molecule has 1 unspecified atom stereocenters. The smallest absolute Gasteiger partial charge is 0.231 e. The van der Waals surface area contributed by atoms with E-state index in [1.54, 1.807) is 6.07 Å². The summed E-state index contributed by atoms with van der Waals surface area (Å²) in [6.07, 6.45) is 3.24. The molecule has 0 amide bonds. The fraction of sp³-hybridized carbons (Fsp3) is 0.294. The fourth-order valence-corrected chi connectivity index (χ4v) is 3.14. The van der Waals surface area contributed by atoms with E-state index < -0.39 is 0 Å². The molecule has 0 spiro atoms. The quantitative estimate of drug-likeness (QED) is 0.884. The zero-order valence-corrected chi connectivity index (χ0v) is 11.6. The van der Waals surface area contributed by atoms with E-state index in [1.165, 1.54) is 11.1 Å². The van der Waals surface area contributed by atoms with Crippen LogP contribution < -0.4 is 14.8 Å². The van der Waals surface area contributed by atoms with Crippen molar-refractivity contribution < 1.29 is 14.6 Å². The molecule has 4 heteroatoms. The number of aryl methyl sites for hydroxylation is 1. The molecule has 1 atom stereocenters. The monoisotopic (exact) mass is 283 g/mol. The first-order chi connectivity index (χ1) is 10.3. The van der Waals surface area contributed by atoms with Gasteiger partial charge >= 0.3 is 0 Å². The zero-order valence-electron chi connectivity index (χ0n) is 11.6. The van der Waals surface area contributed by atoms with Gasteiger partial charge in [0, 0.05) is 11.8 Å². The van der Waals surface area contributed by atoms with Crippen LogP contribution in [0.1, 0.15) is 30.0 Å². The highest BCUT2D eigenvalue weighted by Crippen LogP contribution is 2.38. The minimum atomic E-state index is 0.273. The van der Waals surface area contributed by atoms with Gasteiger partial charge in [-0.1, -0.05) is 6.07 Å². The lowest BCUT2D eigenvalue weighted by Crippen LogP contribution is -2.17. The van der Waals surface area contributed by atoms with Crippen LogP contribution in [0.4, 0.5) is 5.69 Å². The summed E-state index contributed by atoms with van der Waals surface area (Å²) in [5.74, 6) is 1.94. The van der Waals surface area contributed by atoms with Gasteiger partial charge in [0.05, 0.1) is 6.04 Å². The summed E-state index contributed by atoms with van der Waals surface area (Å²) in [7, 11) is 0. The zero-order chi connectivity index (χ0) is 14.2. The molecule has 2 aliphatic rings. The number of hydrogen-bond donors (Lipinski definition) is 2. The van der Waals surface area contributed by atoms with Crippen molar-refractivity contribution >= 4 is 5.69 Å². The third kappa shape index (κ3) is 2.27. The van der Waals surface area contributed by atoms with Crippen molar-refractivity contribution in [1.29, 1.82) is 0 Å². The molecule has 2 aromatic rings. The molecule has 0 aromatic heterocycles. The van der Waals surface area contributed by atoms with Crippen molar-refractivity contribution in [2.24, 2.45) is 0 Å². The molecule has 0 fully saturated rings. The second-order valence-corrected chi connectivity index (χ2v) is 5.54. The molecule has 2 aromatic carbocycles. The summed E-state index contributed by atoms with van der Waals surface area (Å²) in [6, 6.07) is 11.9. The molecule has 1 heterocycles. The van der Waals surface area contributed by atoms with Gasteiger partial charge in [-0.2, -0.15) is 0 Å². The summed E-state index contributed by atoms with van der Waals surface area (Å²) < 4.78 is 10.8. The number of anilines is 1. The number of phenols is 1. The largest absolute Gasteiger partial charge is 0.508 e. The molecule has 1 aliphatic heterocycles. The van der Waals surface area contributed by atoms with Gasteiger partial charge in [0.25, 0.3) is 0 Å². The second kappa shape index (κ2) is 4.88. The van der Waals surface area contributed by atoms with Crippen LogP contribution in [0, 0.1) is 0 Å². The maximum Gasteiger partial charge on any atom is 0.231 e. The van der Waals surface area contributed by atoms with Gasteiger partial charge in [-0.15, -0.1) is 0 Å². The van der Waals surface area contributed by atoms with Crippen LogP contribution in [-0.2, 0) is 6.42 Å². The molecule has 0 bridgehead atoms. The Kier molecular flexibility index (Phi) is 2.88. The Labute approximate surface area is 123 Å². The van der Waals surface area contributed by atoms with Crippen molar-refractivity contribution in [3.63, 3.8) is 0 Å². The maximum atomic E-state index is 9.62. The summed E-state index contributed by atoms with van der Waals surface area (Å²) in [5, 5.41) is 13.2. The number of fused-ring (bicyclic) bond motifs is 2. The van der Waals surface area contributed by atoms with E-state index in [2.05, 4.69) is 5.32 Å². The Balaban J connectivity index is 1.61. The van der Waals surface area contributed by atoms with E-state index in [0.717, 1.165) is 36.4 Å². The Bertz CT molecular complexity index is 684. The summed E-state index contributed by atoms with van der Waals surface area (Å²) in [6.45, 7) is 0.296. The number of nitrogens with one attached hydrogen (secondary N) is 1. The number of phenolic OH excluding ortho intramolecular Hbond substituents is 1. The summed E-state index contributed by atoms with van der Waals surface area (Å²) in [5.41, 5.74) is 3.54. The van der Waals surface area contributed by atoms with Crippen LogP contribution in [0.3, 0.4) is 0 Å². The molecular weight excluding hydrogens is 266 g/mol. The lowest BCUT2D eigenvalue weighted by atomic mass is 9.87. The fourth-order valence-electron chi connectivity index (χ4n) is 3.14. The van der Waals surface area contributed by atoms with E-state index >= 15 is 0 Å². The van der Waals surface area contributed by atoms with Crippen molar-refractivity contribution in [2.75, 3.05) is 12.1 Å². The van der Waals surface area contributed by atoms with E-state index in [-0.39, 0.29) is 6.04 Å². The highest BCUT2D eigenvalue weighted by atomic mass is 16.7. The second-order valence-electron chi connectivity index (χ2n) is 5.54. The van der Waals surface area contributed by atoms with Crippen LogP contribution in [0.15, 0.2) is 36.4 Å². The Hall–Kier alpha value is -2.36. The Morgan fingerprint density at radius 3 is 2.90 bits per heavy atom. The highest BCUT2D eigenvalue weighted by molar-refractivity contribution is 5.57. The summed E-state index contributed by atoms with van der Waals surface area (Å²) >= 11 is 0. The van der Waals surface area contributed by atoms with Crippen molar-refractivity contribution in [1.82, 2.24) is 0 Å². The maximum absolute atomic E-state index is 9.62. The normalized spacial score (nSPS) is 19.1. The van der Waals surface area contributed by atoms with Crippen LogP contribution in [0.2, 0.25) is 0 Å². The highest BCUT2D eigenvalue weighted by Gasteiger charge is 2.21. The van der Waals surface area contributed by atoms with Gasteiger partial charge in [0.1, 0.15) is 5.75 Å². The van der Waals surface area contributed by atoms with Gasteiger partial charge in [-0.3, -0.25) is 0 Å². The van der Waals surface area contributed by atoms with Crippen LogP contribution in [0.25, 0.3) is 0 Å².